The van der Waals surface area contributed by atoms with E-state index < -0.39 is 5.82 Å². The van der Waals surface area contributed by atoms with Crippen LogP contribution in [0.3, 0.4) is 0 Å². The average Bonchev–Trinajstić information content (AvgIpc) is 2.92. The monoisotopic (exact) mass is 243 g/mol. The summed E-state index contributed by atoms with van der Waals surface area (Å²) in [5.41, 5.74) is 0.293. The Morgan fingerprint density at radius 3 is 2.94 bits per heavy atom. The molecule has 1 saturated carbocycles. The Morgan fingerprint density at radius 2 is 2.28 bits per heavy atom. The van der Waals surface area contributed by atoms with Crippen LogP contribution in [0.25, 0.3) is 11.5 Å². The number of benzene rings is 1. The van der Waals surface area contributed by atoms with Crippen LogP contribution in [0, 0.1) is 23.1 Å². The molecule has 90 valence electrons. The van der Waals surface area contributed by atoms with Gasteiger partial charge < -0.3 is 4.52 Å². The highest BCUT2D eigenvalue weighted by Gasteiger charge is 2.38. The van der Waals surface area contributed by atoms with Gasteiger partial charge in [-0.15, -0.1) is 0 Å². The van der Waals surface area contributed by atoms with E-state index in [0.717, 1.165) is 6.42 Å². The number of aromatic nitrogens is 2. The first-order valence-corrected chi connectivity index (χ1v) is 5.73. The van der Waals surface area contributed by atoms with Crippen molar-refractivity contribution in [2.75, 3.05) is 0 Å². The van der Waals surface area contributed by atoms with E-state index >= 15 is 0 Å². The minimum atomic E-state index is -0.575. The normalized spacial score (nSPS) is 21.6. The number of hydrogen-bond acceptors (Lipinski definition) is 4. The number of nitriles is 1. The first kappa shape index (κ1) is 10.9. The fraction of sp³-hybridized carbons (Fsp3) is 0.308. The molecule has 18 heavy (non-hydrogen) atoms. The lowest BCUT2D eigenvalue weighted by Gasteiger charge is -1.98. The Balaban J connectivity index is 2.03. The maximum Gasteiger partial charge on any atom is 0.259 e. The van der Waals surface area contributed by atoms with E-state index in [2.05, 4.69) is 17.1 Å². The van der Waals surface area contributed by atoms with Gasteiger partial charge in [0.15, 0.2) is 5.82 Å². The second kappa shape index (κ2) is 3.91. The topological polar surface area (TPSA) is 62.7 Å². The molecular weight excluding hydrogens is 233 g/mol. The second-order valence-electron chi connectivity index (χ2n) is 4.55. The summed E-state index contributed by atoms with van der Waals surface area (Å²) in [6.45, 7) is 2.11. The molecule has 3 rings (SSSR count). The van der Waals surface area contributed by atoms with Gasteiger partial charge in [0.05, 0.1) is 5.56 Å². The molecule has 1 aliphatic rings. The smallest absolute Gasteiger partial charge is 0.259 e. The van der Waals surface area contributed by atoms with Gasteiger partial charge in [-0.2, -0.15) is 10.2 Å². The number of nitrogens with zero attached hydrogens (tertiary/aromatic N) is 3. The van der Waals surface area contributed by atoms with Gasteiger partial charge in [-0.05, 0) is 24.5 Å². The summed E-state index contributed by atoms with van der Waals surface area (Å²) >= 11 is 0. The Kier molecular flexibility index (Phi) is 2.37. The minimum absolute atomic E-state index is 0.0588. The Hall–Kier alpha value is -2.22. The molecule has 0 saturated heterocycles. The van der Waals surface area contributed by atoms with E-state index in [0.29, 0.717) is 23.2 Å². The Morgan fingerprint density at radius 1 is 1.50 bits per heavy atom. The fourth-order valence-corrected chi connectivity index (χ4v) is 1.99. The average molecular weight is 243 g/mol. The zero-order valence-electron chi connectivity index (χ0n) is 9.72. The van der Waals surface area contributed by atoms with E-state index in [-0.39, 0.29) is 11.5 Å². The van der Waals surface area contributed by atoms with E-state index in [1.165, 1.54) is 12.1 Å². The van der Waals surface area contributed by atoms with Gasteiger partial charge >= 0.3 is 0 Å². The summed E-state index contributed by atoms with van der Waals surface area (Å²) in [5, 5.41) is 12.8. The molecule has 0 bridgehead atoms. The first-order chi connectivity index (χ1) is 8.70. The van der Waals surface area contributed by atoms with Gasteiger partial charge in [-0.25, -0.2) is 4.39 Å². The highest BCUT2D eigenvalue weighted by Crippen LogP contribution is 2.45. The van der Waals surface area contributed by atoms with Crippen LogP contribution in [0.2, 0.25) is 0 Å². The summed E-state index contributed by atoms with van der Waals surface area (Å²) in [6.07, 6.45) is 1.05. The van der Waals surface area contributed by atoms with Gasteiger partial charge in [-0.3, -0.25) is 0 Å². The van der Waals surface area contributed by atoms with Crippen LogP contribution in [0.5, 0.6) is 0 Å². The molecule has 2 aromatic rings. The quantitative estimate of drug-likeness (QED) is 0.813. The molecule has 1 fully saturated rings. The van der Waals surface area contributed by atoms with Crippen molar-refractivity contribution in [3.63, 3.8) is 0 Å². The van der Waals surface area contributed by atoms with Crippen LogP contribution in [0.4, 0.5) is 4.39 Å². The summed E-state index contributed by atoms with van der Waals surface area (Å²) in [5.74, 6) is 1.18. The molecule has 0 aliphatic heterocycles. The summed E-state index contributed by atoms with van der Waals surface area (Å²) in [4.78, 5) is 4.25. The maximum atomic E-state index is 13.5. The first-order valence-electron chi connectivity index (χ1n) is 5.73. The third kappa shape index (κ3) is 1.66. The number of halogens is 1. The molecule has 0 N–H and O–H groups in total. The zero-order chi connectivity index (χ0) is 12.7. The van der Waals surface area contributed by atoms with E-state index in [1.54, 1.807) is 6.07 Å². The van der Waals surface area contributed by atoms with Gasteiger partial charge in [0.1, 0.15) is 17.4 Å². The van der Waals surface area contributed by atoms with Gasteiger partial charge in [0.2, 0.25) is 0 Å². The largest absolute Gasteiger partial charge is 0.334 e. The number of hydrogen-bond donors (Lipinski definition) is 0. The van der Waals surface area contributed by atoms with Crippen molar-refractivity contribution in [3.8, 4) is 17.5 Å². The lowest BCUT2D eigenvalue weighted by Crippen LogP contribution is -1.90. The van der Waals surface area contributed by atoms with E-state index in [9.17, 15) is 4.39 Å². The van der Waals surface area contributed by atoms with Gasteiger partial charge in [0, 0.05) is 5.92 Å². The van der Waals surface area contributed by atoms with Crippen LogP contribution in [-0.2, 0) is 0 Å². The van der Waals surface area contributed by atoms with Crippen molar-refractivity contribution in [2.45, 2.75) is 19.3 Å². The molecular formula is C13H10FN3O. The molecule has 4 nitrogen and oxygen atoms in total. The molecule has 2 atom stereocenters. The molecule has 1 aliphatic carbocycles. The molecule has 1 aromatic heterocycles. The molecule has 0 radical (unpaired) electrons. The third-order valence-corrected chi connectivity index (χ3v) is 3.24. The van der Waals surface area contributed by atoms with Gasteiger partial charge in [-0.1, -0.05) is 18.1 Å². The fourth-order valence-electron chi connectivity index (χ4n) is 1.99. The van der Waals surface area contributed by atoms with Crippen molar-refractivity contribution < 1.29 is 8.91 Å². The summed E-state index contributed by atoms with van der Waals surface area (Å²) < 4.78 is 18.6. The summed E-state index contributed by atoms with van der Waals surface area (Å²) in [7, 11) is 0. The van der Waals surface area contributed by atoms with Crippen molar-refractivity contribution in [1.29, 1.82) is 5.26 Å². The highest BCUT2D eigenvalue weighted by molar-refractivity contribution is 5.63. The lowest BCUT2D eigenvalue weighted by molar-refractivity contribution is 0.421. The second-order valence-corrected chi connectivity index (χ2v) is 4.55. The Bertz CT molecular complexity index is 644. The van der Waals surface area contributed by atoms with Crippen LogP contribution < -0.4 is 0 Å². The molecule has 1 heterocycles. The van der Waals surface area contributed by atoms with Crippen LogP contribution >= 0.6 is 0 Å². The van der Waals surface area contributed by atoms with E-state index in [1.807, 2.05) is 6.07 Å². The SMILES string of the molecule is CC1CC1c1noc(-c2cccc(F)c2C#N)n1. The lowest BCUT2D eigenvalue weighted by atomic mass is 10.1. The third-order valence-electron chi connectivity index (χ3n) is 3.24. The predicted octanol–water partition coefficient (Wildman–Crippen LogP) is 2.87. The zero-order valence-corrected chi connectivity index (χ0v) is 9.72. The van der Waals surface area contributed by atoms with E-state index in [4.69, 9.17) is 9.78 Å². The maximum absolute atomic E-state index is 13.5. The molecule has 5 heteroatoms. The number of rotatable bonds is 2. The molecule has 1 aromatic carbocycles. The van der Waals surface area contributed by atoms with Crippen molar-refractivity contribution in [1.82, 2.24) is 10.1 Å². The van der Waals surface area contributed by atoms with Crippen LogP contribution in [-0.4, -0.2) is 10.1 Å². The van der Waals surface area contributed by atoms with Crippen LogP contribution in [0.1, 0.15) is 30.7 Å². The molecule has 2 unspecified atom stereocenters. The van der Waals surface area contributed by atoms with Gasteiger partial charge in [0.25, 0.3) is 5.89 Å². The molecule has 0 amide bonds. The van der Waals surface area contributed by atoms with Crippen molar-refractivity contribution >= 4 is 0 Å². The standard InChI is InChI=1S/C13H10FN3O/c1-7-5-9(7)12-16-13(18-17-12)8-3-2-4-11(14)10(8)6-15/h2-4,7,9H,5H2,1H3. The predicted molar refractivity (Wildman–Crippen MR) is 60.9 cm³/mol. The van der Waals surface area contributed by atoms with Crippen LogP contribution in [0.15, 0.2) is 22.7 Å². The Labute approximate surface area is 103 Å². The minimum Gasteiger partial charge on any atom is -0.334 e. The van der Waals surface area contributed by atoms with Crippen molar-refractivity contribution in [3.05, 3.63) is 35.4 Å². The molecule has 0 spiro atoms. The van der Waals surface area contributed by atoms with Crippen molar-refractivity contribution in [2.24, 2.45) is 5.92 Å². The summed E-state index contributed by atoms with van der Waals surface area (Å²) in [6, 6.07) is 6.19. The highest BCUT2D eigenvalue weighted by atomic mass is 19.1.